The molecule has 0 aliphatic heterocycles. The number of nitrogens with one attached hydrogen (secondary N) is 1. The van der Waals surface area contributed by atoms with Gasteiger partial charge in [0.1, 0.15) is 5.82 Å². The van der Waals surface area contributed by atoms with Crippen LogP contribution in [0.25, 0.3) is 0 Å². The Labute approximate surface area is 126 Å². The molecule has 0 unspecified atom stereocenters. The lowest BCUT2D eigenvalue weighted by Gasteiger charge is -2.12. The first-order valence-corrected chi connectivity index (χ1v) is 7.19. The quantitative estimate of drug-likeness (QED) is 0.873. The summed E-state index contributed by atoms with van der Waals surface area (Å²) < 4.78 is 12.8. The first-order chi connectivity index (χ1) is 10.1. The van der Waals surface area contributed by atoms with E-state index in [1.165, 1.54) is 23.9 Å². The van der Waals surface area contributed by atoms with E-state index in [1.807, 2.05) is 6.07 Å². The van der Waals surface area contributed by atoms with Gasteiger partial charge in [0.15, 0.2) is 0 Å². The summed E-state index contributed by atoms with van der Waals surface area (Å²) in [5.41, 5.74) is 1.08. The van der Waals surface area contributed by atoms with Gasteiger partial charge in [0.25, 0.3) is 0 Å². The first-order valence-electron chi connectivity index (χ1n) is 6.32. The molecule has 2 rings (SSSR count). The van der Waals surface area contributed by atoms with Gasteiger partial charge in [0.2, 0.25) is 5.91 Å². The Morgan fingerprint density at radius 2 is 2.00 bits per heavy atom. The molecule has 0 saturated heterocycles. The van der Waals surface area contributed by atoms with Crippen LogP contribution in [0, 0.1) is 17.1 Å². The number of rotatable bonds is 4. The highest BCUT2D eigenvalue weighted by Gasteiger charge is 2.14. The van der Waals surface area contributed by atoms with Gasteiger partial charge in [-0.05, 0) is 49.4 Å². The van der Waals surface area contributed by atoms with Gasteiger partial charge in [-0.2, -0.15) is 5.26 Å². The molecule has 0 fully saturated rings. The van der Waals surface area contributed by atoms with E-state index in [-0.39, 0.29) is 17.0 Å². The van der Waals surface area contributed by atoms with E-state index in [0.717, 1.165) is 4.90 Å². The summed E-state index contributed by atoms with van der Waals surface area (Å²) in [7, 11) is 0. The van der Waals surface area contributed by atoms with Gasteiger partial charge in [-0.15, -0.1) is 11.8 Å². The van der Waals surface area contributed by atoms with Crippen molar-refractivity contribution in [1.82, 2.24) is 0 Å². The summed E-state index contributed by atoms with van der Waals surface area (Å²) in [4.78, 5) is 12.9. The molecule has 0 heterocycles. The zero-order valence-electron chi connectivity index (χ0n) is 11.3. The third-order valence-electron chi connectivity index (χ3n) is 2.75. The maximum atomic E-state index is 12.8. The molecule has 3 nitrogen and oxygen atoms in total. The summed E-state index contributed by atoms with van der Waals surface area (Å²) >= 11 is 1.35. The molecule has 1 atom stereocenters. The van der Waals surface area contributed by atoms with Crippen molar-refractivity contribution in [2.45, 2.75) is 17.1 Å². The molecule has 0 aliphatic rings. The van der Waals surface area contributed by atoms with E-state index in [1.54, 1.807) is 43.3 Å². The van der Waals surface area contributed by atoms with E-state index in [0.29, 0.717) is 11.3 Å². The monoisotopic (exact) mass is 300 g/mol. The van der Waals surface area contributed by atoms with Crippen molar-refractivity contribution in [2.75, 3.05) is 5.32 Å². The van der Waals surface area contributed by atoms with E-state index in [2.05, 4.69) is 5.32 Å². The summed E-state index contributed by atoms with van der Waals surface area (Å²) in [5.74, 6) is -0.468. The van der Waals surface area contributed by atoms with Crippen molar-refractivity contribution >= 4 is 23.4 Å². The van der Waals surface area contributed by atoms with Crippen LogP contribution < -0.4 is 5.32 Å². The highest BCUT2D eigenvalue weighted by Crippen LogP contribution is 2.24. The fourth-order valence-electron chi connectivity index (χ4n) is 1.68. The Bertz CT molecular complexity index is 679. The molecule has 0 radical (unpaired) electrons. The number of nitriles is 1. The molecule has 0 aromatic heterocycles. The van der Waals surface area contributed by atoms with Crippen LogP contribution in [0.3, 0.4) is 0 Å². The summed E-state index contributed by atoms with van der Waals surface area (Å²) in [5, 5.41) is 11.3. The van der Waals surface area contributed by atoms with Crippen molar-refractivity contribution in [3.63, 3.8) is 0 Å². The summed E-state index contributed by atoms with van der Waals surface area (Å²) in [6, 6.07) is 14.8. The lowest BCUT2D eigenvalue weighted by molar-refractivity contribution is -0.115. The van der Waals surface area contributed by atoms with Crippen LogP contribution in [0.4, 0.5) is 10.1 Å². The molecular weight excluding hydrogens is 287 g/mol. The Morgan fingerprint density at radius 1 is 1.29 bits per heavy atom. The van der Waals surface area contributed by atoms with Crippen molar-refractivity contribution in [3.05, 3.63) is 59.9 Å². The van der Waals surface area contributed by atoms with Crippen LogP contribution in [-0.4, -0.2) is 11.2 Å². The summed E-state index contributed by atoms with van der Waals surface area (Å²) in [6.07, 6.45) is 0. The first kappa shape index (κ1) is 15.1. The van der Waals surface area contributed by atoms with Crippen molar-refractivity contribution in [1.29, 1.82) is 5.26 Å². The lowest BCUT2D eigenvalue weighted by Crippen LogP contribution is -2.22. The molecular formula is C16H13FN2OS. The predicted octanol–water partition coefficient (Wildman–Crippen LogP) is 3.82. The number of anilines is 1. The molecule has 2 aromatic rings. The van der Waals surface area contributed by atoms with Crippen molar-refractivity contribution in [3.8, 4) is 6.07 Å². The molecule has 0 spiro atoms. The number of amides is 1. The molecule has 106 valence electrons. The number of hydrogen-bond acceptors (Lipinski definition) is 3. The largest absolute Gasteiger partial charge is 0.325 e. The van der Waals surface area contributed by atoms with Gasteiger partial charge in [0, 0.05) is 10.6 Å². The Morgan fingerprint density at radius 3 is 2.67 bits per heavy atom. The maximum absolute atomic E-state index is 12.8. The fourth-order valence-corrected chi connectivity index (χ4v) is 2.55. The molecule has 1 amide bonds. The van der Waals surface area contributed by atoms with E-state index >= 15 is 0 Å². The predicted molar refractivity (Wildman–Crippen MR) is 81.5 cm³/mol. The number of nitrogens with zero attached hydrogens (tertiary/aromatic N) is 1. The zero-order chi connectivity index (χ0) is 15.2. The number of benzene rings is 2. The van der Waals surface area contributed by atoms with Gasteiger partial charge in [0.05, 0.1) is 16.9 Å². The van der Waals surface area contributed by atoms with E-state index in [4.69, 9.17) is 5.26 Å². The SMILES string of the molecule is C[C@@H](Sc1ccc(F)cc1)C(=O)Nc1cccc(C#N)c1. The zero-order valence-corrected chi connectivity index (χ0v) is 12.2. The van der Waals surface area contributed by atoms with Crippen LogP contribution in [0.1, 0.15) is 12.5 Å². The minimum atomic E-state index is -0.332. The fraction of sp³-hybridized carbons (Fsp3) is 0.125. The third kappa shape index (κ3) is 4.33. The summed E-state index contributed by atoms with van der Waals surface area (Å²) in [6.45, 7) is 1.78. The number of thioether (sulfide) groups is 1. The van der Waals surface area contributed by atoms with Gasteiger partial charge in [-0.25, -0.2) is 4.39 Å². The van der Waals surface area contributed by atoms with Crippen molar-refractivity contribution in [2.24, 2.45) is 0 Å². The smallest absolute Gasteiger partial charge is 0.237 e. The maximum Gasteiger partial charge on any atom is 0.237 e. The van der Waals surface area contributed by atoms with E-state index in [9.17, 15) is 9.18 Å². The van der Waals surface area contributed by atoms with E-state index < -0.39 is 0 Å². The van der Waals surface area contributed by atoms with Crippen LogP contribution in [-0.2, 0) is 4.79 Å². The minimum absolute atomic E-state index is 0.167. The van der Waals surface area contributed by atoms with Crippen LogP contribution >= 0.6 is 11.8 Å². The Hall–Kier alpha value is -2.32. The Balaban J connectivity index is 1.99. The van der Waals surface area contributed by atoms with Crippen LogP contribution in [0.2, 0.25) is 0 Å². The number of carbonyl (C=O) groups excluding carboxylic acids is 1. The number of carbonyl (C=O) groups is 1. The highest BCUT2D eigenvalue weighted by atomic mass is 32.2. The highest BCUT2D eigenvalue weighted by molar-refractivity contribution is 8.00. The van der Waals surface area contributed by atoms with Crippen molar-refractivity contribution < 1.29 is 9.18 Å². The minimum Gasteiger partial charge on any atom is -0.325 e. The normalized spacial score (nSPS) is 11.5. The average molecular weight is 300 g/mol. The van der Waals surface area contributed by atoms with Gasteiger partial charge < -0.3 is 5.32 Å². The topological polar surface area (TPSA) is 52.9 Å². The standard InChI is InChI=1S/C16H13FN2OS/c1-11(21-15-7-5-13(17)6-8-15)16(20)19-14-4-2-3-12(9-14)10-18/h2-9,11H,1H3,(H,19,20)/t11-/m1/s1. The lowest BCUT2D eigenvalue weighted by atomic mass is 10.2. The Kier molecular flexibility index (Phi) is 4.96. The second kappa shape index (κ2) is 6.91. The molecule has 2 aromatic carbocycles. The molecule has 0 aliphatic carbocycles. The second-order valence-electron chi connectivity index (χ2n) is 4.40. The third-order valence-corrected chi connectivity index (χ3v) is 3.87. The molecule has 0 saturated carbocycles. The van der Waals surface area contributed by atoms with Gasteiger partial charge in [-0.3, -0.25) is 4.79 Å². The van der Waals surface area contributed by atoms with Crippen LogP contribution in [0.15, 0.2) is 53.4 Å². The number of hydrogen-bond donors (Lipinski definition) is 1. The molecule has 21 heavy (non-hydrogen) atoms. The van der Waals surface area contributed by atoms with Gasteiger partial charge >= 0.3 is 0 Å². The molecule has 1 N–H and O–H groups in total. The molecule has 5 heteroatoms. The van der Waals surface area contributed by atoms with Gasteiger partial charge in [-0.1, -0.05) is 6.07 Å². The second-order valence-corrected chi connectivity index (χ2v) is 5.81. The average Bonchev–Trinajstić information content (AvgIpc) is 2.49. The molecule has 0 bridgehead atoms. The number of halogens is 1. The van der Waals surface area contributed by atoms with Crippen LogP contribution in [0.5, 0.6) is 0 Å².